The second kappa shape index (κ2) is 5.65. The summed E-state index contributed by atoms with van der Waals surface area (Å²) in [7, 11) is 1.79. The van der Waals surface area contributed by atoms with Crippen molar-refractivity contribution in [1.29, 1.82) is 0 Å². The Kier molecular flexibility index (Phi) is 4.49. The molecule has 2 N–H and O–H groups in total. The summed E-state index contributed by atoms with van der Waals surface area (Å²) in [6.45, 7) is 4.16. The second-order valence-electron chi connectivity index (χ2n) is 3.95. The fourth-order valence-corrected chi connectivity index (χ4v) is 1.41. The number of aliphatic hydroxyl groups is 1. The van der Waals surface area contributed by atoms with E-state index in [2.05, 4.69) is 10.4 Å². The molecule has 1 amide bonds. The van der Waals surface area contributed by atoms with Crippen LogP contribution in [0.4, 0.5) is 0 Å². The molecule has 1 atom stereocenters. The van der Waals surface area contributed by atoms with Crippen molar-refractivity contribution in [2.45, 2.75) is 32.8 Å². The van der Waals surface area contributed by atoms with Gasteiger partial charge in [0.1, 0.15) is 5.69 Å². The summed E-state index contributed by atoms with van der Waals surface area (Å²) in [5.41, 5.74) is 1.32. The lowest BCUT2D eigenvalue weighted by Crippen LogP contribution is -2.32. The maximum Gasteiger partial charge on any atom is 0.271 e. The van der Waals surface area contributed by atoms with Gasteiger partial charge in [0, 0.05) is 19.3 Å². The Labute approximate surface area is 95.5 Å². The van der Waals surface area contributed by atoms with Crippen LogP contribution in [0.2, 0.25) is 0 Å². The highest BCUT2D eigenvalue weighted by molar-refractivity contribution is 5.92. The Morgan fingerprint density at radius 2 is 2.38 bits per heavy atom. The molecule has 0 radical (unpaired) electrons. The van der Waals surface area contributed by atoms with Crippen LogP contribution in [0.15, 0.2) is 6.07 Å². The molecule has 1 unspecified atom stereocenters. The molecular formula is C11H19N3O2. The molecular weight excluding hydrogens is 206 g/mol. The number of carbonyl (C=O) groups is 1. The maximum atomic E-state index is 11.6. The summed E-state index contributed by atoms with van der Waals surface area (Å²) in [4.78, 5) is 11.6. The van der Waals surface area contributed by atoms with Gasteiger partial charge in [-0.15, -0.1) is 0 Å². The van der Waals surface area contributed by atoms with E-state index >= 15 is 0 Å². The number of hydrogen-bond acceptors (Lipinski definition) is 3. The molecule has 0 aliphatic heterocycles. The van der Waals surface area contributed by atoms with Gasteiger partial charge in [-0.2, -0.15) is 5.10 Å². The lowest BCUT2D eigenvalue weighted by atomic mass is 10.2. The van der Waals surface area contributed by atoms with Crippen LogP contribution in [-0.2, 0) is 7.05 Å². The van der Waals surface area contributed by atoms with Crippen LogP contribution in [0.1, 0.15) is 35.9 Å². The number of hydrogen-bond donors (Lipinski definition) is 2. The summed E-state index contributed by atoms with van der Waals surface area (Å²) in [5.74, 6) is -0.237. The van der Waals surface area contributed by atoms with Crippen molar-refractivity contribution in [1.82, 2.24) is 15.1 Å². The molecule has 0 saturated carbocycles. The van der Waals surface area contributed by atoms with E-state index in [0.29, 0.717) is 12.1 Å². The zero-order chi connectivity index (χ0) is 12.1. The third-order valence-corrected chi connectivity index (χ3v) is 2.47. The lowest BCUT2D eigenvalue weighted by molar-refractivity contribution is 0.0904. The van der Waals surface area contributed by atoms with Crippen LogP contribution >= 0.6 is 0 Å². The number of nitrogens with one attached hydrogen (secondary N) is 1. The highest BCUT2D eigenvalue weighted by Gasteiger charge is 2.12. The fraction of sp³-hybridized carbons (Fsp3) is 0.636. The van der Waals surface area contributed by atoms with Crippen LogP contribution in [0.5, 0.6) is 0 Å². The van der Waals surface area contributed by atoms with Crippen LogP contribution in [0, 0.1) is 6.92 Å². The Hall–Kier alpha value is -1.36. The van der Waals surface area contributed by atoms with E-state index in [1.807, 2.05) is 13.8 Å². The van der Waals surface area contributed by atoms with E-state index in [1.165, 1.54) is 0 Å². The van der Waals surface area contributed by atoms with E-state index in [0.717, 1.165) is 12.1 Å². The summed E-state index contributed by atoms with van der Waals surface area (Å²) < 4.78 is 1.65. The molecule has 1 rings (SSSR count). The second-order valence-corrected chi connectivity index (χ2v) is 3.95. The number of aryl methyl sites for hydroxylation is 2. The highest BCUT2D eigenvalue weighted by atomic mass is 16.3. The first-order valence-electron chi connectivity index (χ1n) is 5.51. The Morgan fingerprint density at radius 3 is 2.88 bits per heavy atom. The monoisotopic (exact) mass is 225 g/mol. The van der Waals surface area contributed by atoms with Gasteiger partial charge in [0.05, 0.1) is 6.10 Å². The minimum absolute atomic E-state index is 0.237. The molecule has 5 nitrogen and oxygen atoms in total. The minimum Gasteiger partial charge on any atom is -0.391 e. The number of amides is 1. The summed E-state index contributed by atoms with van der Waals surface area (Å²) in [6.07, 6.45) is 1.13. The zero-order valence-corrected chi connectivity index (χ0v) is 10.0. The van der Waals surface area contributed by atoms with Crippen molar-refractivity contribution in [2.75, 3.05) is 6.54 Å². The van der Waals surface area contributed by atoms with Crippen LogP contribution < -0.4 is 5.32 Å². The van der Waals surface area contributed by atoms with Gasteiger partial charge < -0.3 is 10.4 Å². The van der Waals surface area contributed by atoms with Crippen molar-refractivity contribution >= 4 is 5.91 Å². The van der Waals surface area contributed by atoms with Crippen molar-refractivity contribution < 1.29 is 9.90 Å². The SMILES string of the molecule is CCCC(O)CNC(=O)c1cc(C)n(C)n1. The fourth-order valence-electron chi connectivity index (χ4n) is 1.41. The quantitative estimate of drug-likeness (QED) is 0.772. The standard InChI is InChI=1S/C11H19N3O2/c1-4-5-9(15)7-12-11(16)10-6-8(2)14(3)13-10/h6,9,15H,4-5,7H2,1-3H3,(H,12,16). The van der Waals surface area contributed by atoms with Crippen LogP contribution in [0.25, 0.3) is 0 Å². The number of aromatic nitrogens is 2. The number of aliphatic hydroxyl groups excluding tert-OH is 1. The predicted molar refractivity (Wildman–Crippen MR) is 61.2 cm³/mol. The zero-order valence-electron chi connectivity index (χ0n) is 10.0. The first-order valence-corrected chi connectivity index (χ1v) is 5.51. The van der Waals surface area contributed by atoms with Gasteiger partial charge in [-0.3, -0.25) is 9.48 Å². The van der Waals surface area contributed by atoms with E-state index in [9.17, 15) is 9.90 Å². The van der Waals surface area contributed by atoms with Gasteiger partial charge in [0.2, 0.25) is 0 Å². The van der Waals surface area contributed by atoms with Crippen molar-refractivity contribution in [3.8, 4) is 0 Å². The normalized spacial score (nSPS) is 12.5. The molecule has 90 valence electrons. The average Bonchev–Trinajstić information content (AvgIpc) is 2.56. The largest absolute Gasteiger partial charge is 0.391 e. The molecule has 0 fully saturated rings. The Balaban J connectivity index is 2.46. The molecule has 0 saturated heterocycles. The summed E-state index contributed by atoms with van der Waals surface area (Å²) in [5, 5.41) is 16.2. The van der Waals surface area contributed by atoms with Gasteiger partial charge in [0.25, 0.3) is 5.91 Å². The van der Waals surface area contributed by atoms with E-state index in [-0.39, 0.29) is 12.5 Å². The number of rotatable bonds is 5. The Morgan fingerprint density at radius 1 is 1.69 bits per heavy atom. The minimum atomic E-state index is -0.473. The van der Waals surface area contributed by atoms with Crippen LogP contribution in [0.3, 0.4) is 0 Å². The predicted octanol–water partition coefficient (Wildman–Crippen LogP) is 0.619. The smallest absolute Gasteiger partial charge is 0.271 e. The summed E-state index contributed by atoms with van der Waals surface area (Å²) >= 11 is 0. The molecule has 16 heavy (non-hydrogen) atoms. The van der Waals surface area contributed by atoms with Crippen molar-refractivity contribution in [3.05, 3.63) is 17.5 Å². The molecule has 5 heteroatoms. The van der Waals surface area contributed by atoms with Crippen LogP contribution in [-0.4, -0.2) is 33.4 Å². The third-order valence-electron chi connectivity index (χ3n) is 2.47. The van der Waals surface area contributed by atoms with E-state index in [4.69, 9.17) is 0 Å². The number of carbonyl (C=O) groups excluding carboxylic acids is 1. The van der Waals surface area contributed by atoms with Crippen molar-refractivity contribution in [2.24, 2.45) is 7.05 Å². The molecule has 1 aromatic heterocycles. The van der Waals surface area contributed by atoms with Gasteiger partial charge in [0.15, 0.2) is 0 Å². The first kappa shape index (κ1) is 12.7. The molecule has 1 heterocycles. The molecule has 1 aromatic rings. The molecule has 0 aromatic carbocycles. The third kappa shape index (κ3) is 3.34. The highest BCUT2D eigenvalue weighted by Crippen LogP contribution is 2.01. The average molecular weight is 225 g/mol. The molecule has 0 bridgehead atoms. The molecule has 0 spiro atoms. The van der Waals surface area contributed by atoms with E-state index in [1.54, 1.807) is 17.8 Å². The van der Waals surface area contributed by atoms with Gasteiger partial charge in [-0.05, 0) is 19.4 Å². The summed E-state index contributed by atoms with van der Waals surface area (Å²) in [6, 6.07) is 1.72. The van der Waals surface area contributed by atoms with Gasteiger partial charge in [-0.25, -0.2) is 0 Å². The lowest BCUT2D eigenvalue weighted by Gasteiger charge is -2.09. The first-order chi connectivity index (χ1) is 7.54. The van der Waals surface area contributed by atoms with E-state index < -0.39 is 6.10 Å². The van der Waals surface area contributed by atoms with Gasteiger partial charge >= 0.3 is 0 Å². The van der Waals surface area contributed by atoms with Gasteiger partial charge in [-0.1, -0.05) is 13.3 Å². The molecule has 0 aliphatic carbocycles. The maximum absolute atomic E-state index is 11.6. The Bertz CT molecular complexity index is 341. The van der Waals surface area contributed by atoms with Crippen molar-refractivity contribution in [3.63, 3.8) is 0 Å². The molecule has 0 aliphatic rings. The topological polar surface area (TPSA) is 67.2 Å². The number of nitrogens with zero attached hydrogens (tertiary/aromatic N) is 2.